The number of carbonyl (C=O) groups is 3. The van der Waals surface area contributed by atoms with Gasteiger partial charge in [-0.3, -0.25) is 19.3 Å². The third kappa shape index (κ3) is 7.05. The van der Waals surface area contributed by atoms with E-state index in [1.165, 1.54) is 0 Å². The van der Waals surface area contributed by atoms with Crippen LogP contribution in [0.15, 0.2) is 42.5 Å². The van der Waals surface area contributed by atoms with Gasteiger partial charge in [0.25, 0.3) is 0 Å². The molecule has 0 aliphatic carbocycles. The van der Waals surface area contributed by atoms with Crippen molar-refractivity contribution >= 4 is 28.5 Å². The van der Waals surface area contributed by atoms with Gasteiger partial charge in [-0.25, -0.2) is 0 Å². The molecule has 0 unspecified atom stereocenters. The Hall–Kier alpha value is -2.93. The maximum absolute atomic E-state index is 12.7. The van der Waals surface area contributed by atoms with E-state index < -0.39 is 0 Å². The highest BCUT2D eigenvalue weighted by atomic mass is 16.2. The molecular weight excluding hydrogens is 404 g/mol. The van der Waals surface area contributed by atoms with E-state index in [9.17, 15) is 14.4 Å². The molecule has 7 heteroatoms. The van der Waals surface area contributed by atoms with Crippen molar-refractivity contribution in [3.05, 3.63) is 48.0 Å². The molecule has 3 rings (SSSR count). The number of benzene rings is 2. The molecule has 0 radical (unpaired) electrons. The van der Waals surface area contributed by atoms with E-state index in [4.69, 9.17) is 0 Å². The fraction of sp³-hybridized carbons (Fsp3) is 0.480. The van der Waals surface area contributed by atoms with Gasteiger partial charge in [0, 0.05) is 31.7 Å². The van der Waals surface area contributed by atoms with Crippen LogP contribution in [0.4, 0.5) is 0 Å². The van der Waals surface area contributed by atoms with Gasteiger partial charge in [-0.1, -0.05) is 42.5 Å². The Labute approximate surface area is 190 Å². The topological polar surface area (TPSA) is 81.8 Å². The molecule has 3 amide bonds. The van der Waals surface area contributed by atoms with Crippen LogP contribution in [-0.2, 0) is 20.8 Å². The Morgan fingerprint density at radius 3 is 2.44 bits per heavy atom. The maximum atomic E-state index is 12.7. The van der Waals surface area contributed by atoms with Gasteiger partial charge in [0.15, 0.2) is 0 Å². The van der Waals surface area contributed by atoms with Crippen molar-refractivity contribution in [3.63, 3.8) is 0 Å². The number of amides is 3. The van der Waals surface area contributed by atoms with Crippen LogP contribution in [0.1, 0.15) is 32.8 Å². The summed E-state index contributed by atoms with van der Waals surface area (Å²) in [5, 5.41) is 7.90. The van der Waals surface area contributed by atoms with Crippen LogP contribution in [0, 0.1) is 0 Å². The molecule has 1 aliphatic heterocycles. The van der Waals surface area contributed by atoms with Crippen molar-refractivity contribution in [1.29, 1.82) is 0 Å². The van der Waals surface area contributed by atoms with Gasteiger partial charge in [-0.2, -0.15) is 0 Å². The smallest absolute Gasteiger partial charge is 0.242 e. The third-order valence-corrected chi connectivity index (χ3v) is 5.49. The van der Waals surface area contributed by atoms with E-state index in [1.807, 2.05) is 63.2 Å². The molecule has 0 bridgehead atoms. The van der Waals surface area contributed by atoms with Crippen molar-refractivity contribution in [2.45, 2.75) is 39.2 Å². The number of hydrogen-bond acceptors (Lipinski definition) is 4. The summed E-state index contributed by atoms with van der Waals surface area (Å²) < 4.78 is 0. The van der Waals surface area contributed by atoms with Crippen LogP contribution in [0.2, 0.25) is 0 Å². The van der Waals surface area contributed by atoms with Crippen molar-refractivity contribution < 1.29 is 14.4 Å². The van der Waals surface area contributed by atoms with Gasteiger partial charge < -0.3 is 15.5 Å². The second kappa shape index (κ2) is 10.6. The Morgan fingerprint density at radius 1 is 0.906 bits per heavy atom. The molecule has 32 heavy (non-hydrogen) atoms. The van der Waals surface area contributed by atoms with Crippen molar-refractivity contribution in [2.75, 3.05) is 39.3 Å². The first-order valence-electron chi connectivity index (χ1n) is 11.3. The zero-order valence-corrected chi connectivity index (χ0v) is 19.3. The molecule has 172 valence electrons. The van der Waals surface area contributed by atoms with E-state index >= 15 is 0 Å². The molecule has 0 spiro atoms. The van der Waals surface area contributed by atoms with Crippen LogP contribution < -0.4 is 10.6 Å². The summed E-state index contributed by atoms with van der Waals surface area (Å²) in [5.41, 5.74) is 0.696. The predicted molar refractivity (Wildman–Crippen MR) is 126 cm³/mol. The first-order chi connectivity index (χ1) is 15.2. The number of nitrogens with one attached hydrogen (secondary N) is 2. The summed E-state index contributed by atoms with van der Waals surface area (Å²) in [6.45, 7) is 8.82. The lowest BCUT2D eigenvalue weighted by molar-refractivity contribution is -0.132. The minimum Gasteiger partial charge on any atom is -0.350 e. The van der Waals surface area contributed by atoms with Gasteiger partial charge in [0.05, 0.1) is 19.5 Å². The quantitative estimate of drug-likeness (QED) is 0.722. The highest BCUT2D eigenvalue weighted by Crippen LogP contribution is 2.18. The number of hydrogen-bond donors (Lipinski definition) is 2. The average Bonchev–Trinajstić information content (AvgIpc) is 2.96. The van der Waals surface area contributed by atoms with Gasteiger partial charge in [-0.05, 0) is 43.5 Å². The lowest BCUT2D eigenvalue weighted by Gasteiger charge is -2.25. The molecule has 0 aromatic heterocycles. The van der Waals surface area contributed by atoms with Gasteiger partial charge in [0.1, 0.15) is 0 Å². The first kappa shape index (κ1) is 23.7. The van der Waals surface area contributed by atoms with Gasteiger partial charge in [-0.15, -0.1) is 0 Å². The summed E-state index contributed by atoms with van der Waals surface area (Å²) in [6, 6.07) is 13.9. The number of rotatable bonds is 6. The standard InChI is InChI=1S/C25H34N4O3/c1-25(2,3)27-23(31)18-28-12-7-13-29(15-14-28)24(32)17-26-22(30)16-20-10-6-9-19-8-4-5-11-21(19)20/h4-6,8-11H,7,12-18H2,1-3H3,(H,26,30)(H,27,31). The summed E-state index contributed by atoms with van der Waals surface area (Å²) in [6.07, 6.45) is 1.05. The molecule has 1 aliphatic rings. The number of nitrogens with zero attached hydrogens (tertiary/aromatic N) is 2. The Bertz CT molecular complexity index is 962. The van der Waals surface area contributed by atoms with Crippen LogP contribution in [-0.4, -0.2) is 72.3 Å². The highest BCUT2D eigenvalue weighted by molar-refractivity contribution is 5.91. The highest BCUT2D eigenvalue weighted by Gasteiger charge is 2.22. The zero-order valence-electron chi connectivity index (χ0n) is 19.3. The monoisotopic (exact) mass is 438 g/mol. The molecule has 0 saturated carbocycles. The number of fused-ring (bicyclic) bond motifs is 1. The second-order valence-electron chi connectivity index (χ2n) is 9.40. The van der Waals surface area contributed by atoms with E-state index in [2.05, 4.69) is 15.5 Å². The van der Waals surface area contributed by atoms with Crippen LogP contribution >= 0.6 is 0 Å². The molecular formula is C25H34N4O3. The number of carbonyl (C=O) groups excluding carboxylic acids is 3. The SMILES string of the molecule is CC(C)(C)NC(=O)CN1CCCN(C(=O)CNC(=O)Cc2cccc3ccccc23)CC1. The minimum absolute atomic E-state index is 0.00187. The van der Waals surface area contributed by atoms with E-state index in [1.54, 1.807) is 4.90 Å². The van der Waals surface area contributed by atoms with Crippen LogP contribution in [0.5, 0.6) is 0 Å². The van der Waals surface area contributed by atoms with E-state index in [0.29, 0.717) is 26.2 Å². The summed E-state index contributed by atoms with van der Waals surface area (Å²) in [4.78, 5) is 41.2. The second-order valence-corrected chi connectivity index (χ2v) is 9.40. The normalized spacial score (nSPS) is 15.3. The zero-order chi connectivity index (χ0) is 23.1. The lowest BCUT2D eigenvalue weighted by Crippen LogP contribution is -2.47. The lowest BCUT2D eigenvalue weighted by atomic mass is 10.0. The van der Waals surface area contributed by atoms with Gasteiger partial charge in [0.2, 0.25) is 17.7 Å². The molecule has 7 nitrogen and oxygen atoms in total. The van der Waals surface area contributed by atoms with Crippen molar-refractivity contribution in [2.24, 2.45) is 0 Å². The molecule has 2 N–H and O–H groups in total. The fourth-order valence-electron chi connectivity index (χ4n) is 4.01. The van der Waals surface area contributed by atoms with Crippen LogP contribution in [0.25, 0.3) is 10.8 Å². The molecule has 0 atom stereocenters. The molecule has 2 aromatic rings. The first-order valence-corrected chi connectivity index (χ1v) is 11.3. The minimum atomic E-state index is -0.255. The Morgan fingerprint density at radius 2 is 1.66 bits per heavy atom. The Kier molecular flexibility index (Phi) is 7.85. The predicted octanol–water partition coefficient (Wildman–Crippen LogP) is 1.95. The van der Waals surface area contributed by atoms with Crippen LogP contribution in [0.3, 0.4) is 0 Å². The van der Waals surface area contributed by atoms with Crippen molar-refractivity contribution in [1.82, 2.24) is 20.4 Å². The van der Waals surface area contributed by atoms with E-state index in [0.717, 1.165) is 29.3 Å². The molecule has 1 saturated heterocycles. The molecule has 1 heterocycles. The van der Waals surface area contributed by atoms with E-state index in [-0.39, 0.29) is 36.2 Å². The largest absolute Gasteiger partial charge is 0.350 e. The fourth-order valence-corrected chi connectivity index (χ4v) is 4.01. The maximum Gasteiger partial charge on any atom is 0.242 e. The molecule has 1 fully saturated rings. The summed E-state index contributed by atoms with van der Waals surface area (Å²) in [5.74, 6) is -0.250. The van der Waals surface area contributed by atoms with Crippen molar-refractivity contribution in [3.8, 4) is 0 Å². The van der Waals surface area contributed by atoms with Gasteiger partial charge >= 0.3 is 0 Å². The summed E-state index contributed by atoms with van der Waals surface area (Å²) >= 11 is 0. The third-order valence-electron chi connectivity index (χ3n) is 5.49. The average molecular weight is 439 g/mol. The Balaban J connectivity index is 1.45. The summed E-state index contributed by atoms with van der Waals surface area (Å²) in [7, 11) is 0. The molecule has 2 aromatic carbocycles.